The molecule has 0 spiro atoms. The van der Waals surface area contributed by atoms with Crippen LogP contribution in [0.1, 0.15) is 18.1 Å². The summed E-state index contributed by atoms with van der Waals surface area (Å²) in [4.78, 5) is 24.8. The average Bonchev–Trinajstić information content (AvgIpc) is 2.86. The van der Waals surface area contributed by atoms with Crippen molar-refractivity contribution < 1.29 is 14.3 Å². The zero-order valence-electron chi connectivity index (χ0n) is 13.8. The zero-order chi connectivity index (χ0) is 17.1. The van der Waals surface area contributed by atoms with Gasteiger partial charge in [0.25, 0.3) is 11.8 Å². The van der Waals surface area contributed by atoms with Gasteiger partial charge in [0.15, 0.2) is 0 Å². The summed E-state index contributed by atoms with van der Waals surface area (Å²) in [5.74, 6) is -0.370. The number of hydrogen-bond acceptors (Lipinski definition) is 3. The zero-order valence-corrected chi connectivity index (χ0v) is 13.8. The molecule has 1 aliphatic heterocycles. The van der Waals surface area contributed by atoms with Crippen molar-refractivity contribution in [2.45, 2.75) is 20.3 Å². The maximum atomic E-state index is 12.6. The van der Waals surface area contributed by atoms with E-state index < -0.39 is 5.92 Å². The van der Waals surface area contributed by atoms with Crippen LogP contribution in [-0.2, 0) is 16.0 Å². The van der Waals surface area contributed by atoms with E-state index in [0.29, 0.717) is 18.7 Å². The van der Waals surface area contributed by atoms with Crippen molar-refractivity contribution in [2.75, 3.05) is 11.6 Å². The van der Waals surface area contributed by atoms with Crippen LogP contribution in [0.5, 0.6) is 5.75 Å². The maximum Gasteiger partial charge on any atom is 0.258 e. The molecule has 1 atom stereocenters. The molecule has 1 fully saturated rings. The van der Waals surface area contributed by atoms with Crippen LogP contribution in [0.2, 0.25) is 0 Å². The largest absolute Gasteiger partial charge is 0.494 e. The third-order valence-corrected chi connectivity index (χ3v) is 4.05. The fraction of sp³-hybridized carbons (Fsp3) is 0.263. The summed E-state index contributed by atoms with van der Waals surface area (Å²) < 4.78 is 5.52. The van der Waals surface area contributed by atoms with Gasteiger partial charge in [-0.1, -0.05) is 30.3 Å². The van der Waals surface area contributed by atoms with Gasteiger partial charge < -0.3 is 4.74 Å². The summed E-state index contributed by atoms with van der Waals surface area (Å²) >= 11 is 0. The van der Waals surface area contributed by atoms with E-state index in [0.717, 1.165) is 16.9 Å². The van der Waals surface area contributed by atoms with E-state index in [2.05, 4.69) is 5.43 Å². The molecular formula is C19H20N2O3. The summed E-state index contributed by atoms with van der Waals surface area (Å²) in [5.41, 5.74) is 5.27. The minimum atomic E-state index is -0.706. The molecule has 1 unspecified atom stereocenters. The van der Waals surface area contributed by atoms with Crippen LogP contribution in [0.25, 0.3) is 0 Å². The highest BCUT2D eigenvalue weighted by Gasteiger charge is 2.39. The van der Waals surface area contributed by atoms with Crippen molar-refractivity contribution in [2.24, 2.45) is 5.92 Å². The van der Waals surface area contributed by atoms with Crippen molar-refractivity contribution in [3.05, 3.63) is 59.7 Å². The Morgan fingerprint density at radius 2 is 1.88 bits per heavy atom. The maximum absolute atomic E-state index is 12.6. The van der Waals surface area contributed by atoms with Crippen LogP contribution in [0.15, 0.2) is 48.5 Å². The van der Waals surface area contributed by atoms with E-state index in [4.69, 9.17) is 4.74 Å². The molecule has 1 heterocycles. The number of ether oxygens (including phenoxy) is 1. The van der Waals surface area contributed by atoms with Crippen LogP contribution < -0.4 is 15.2 Å². The predicted octanol–water partition coefficient (Wildman–Crippen LogP) is 2.63. The second-order valence-electron chi connectivity index (χ2n) is 5.77. The van der Waals surface area contributed by atoms with Crippen molar-refractivity contribution in [1.29, 1.82) is 0 Å². The molecule has 1 N–H and O–H groups in total. The van der Waals surface area contributed by atoms with Gasteiger partial charge in [0.2, 0.25) is 0 Å². The molecule has 124 valence electrons. The number of nitrogens with zero attached hydrogens (tertiary/aromatic N) is 1. The first-order valence-electron chi connectivity index (χ1n) is 8.02. The van der Waals surface area contributed by atoms with E-state index in [1.54, 1.807) is 12.1 Å². The third kappa shape index (κ3) is 3.11. The van der Waals surface area contributed by atoms with E-state index in [1.807, 2.05) is 50.2 Å². The fourth-order valence-electron chi connectivity index (χ4n) is 2.85. The van der Waals surface area contributed by atoms with Gasteiger partial charge >= 0.3 is 0 Å². The number of anilines is 1. The summed E-state index contributed by atoms with van der Waals surface area (Å²) in [6.07, 6.45) is 0.376. The molecule has 3 rings (SSSR count). The lowest BCUT2D eigenvalue weighted by molar-refractivity contribution is -0.127. The van der Waals surface area contributed by atoms with Gasteiger partial charge in [-0.15, -0.1) is 0 Å². The number of nitrogens with one attached hydrogen (secondary N) is 1. The molecule has 2 amide bonds. The summed E-state index contributed by atoms with van der Waals surface area (Å²) in [5, 5.41) is 1.33. The number of para-hydroxylation sites is 1. The van der Waals surface area contributed by atoms with Gasteiger partial charge in [-0.25, -0.2) is 5.01 Å². The Kier molecular flexibility index (Phi) is 4.51. The number of carbonyl (C=O) groups excluding carboxylic acids is 2. The van der Waals surface area contributed by atoms with E-state index in [9.17, 15) is 9.59 Å². The number of aryl methyl sites for hydroxylation is 1. The minimum absolute atomic E-state index is 0.224. The number of amides is 2. The average molecular weight is 324 g/mol. The van der Waals surface area contributed by atoms with Gasteiger partial charge in [-0.2, -0.15) is 0 Å². The first kappa shape index (κ1) is 16.1. The van der Waals surface area contributed by atoms with Gasteiger partial charge in [-0.05, 0) is 49.6 Å². The first-order valence-corrected chi connectivity index (χ1v) is 8.02. The summed E-state index contributed by atoms with van der Waals surface area (Å²) in [7, 11) is 0. The standard InChI is InChI=1S/C19H20N2O3/c1-3-24-17-10-9-14(11-13(17)2)12-16-18(22)20-21(19(16)23)15-7-5-4-6-8-15/h4-11,16H,3,12H2,1-2H3,(H,20,22). The molecule has 0 aliphatic carbocycles. The molecule has 5 nitrogen and oxygen atoms in total. The monoisotopic (exact) mass is 324 g/mol. The van der Waals surface area contributed by atoms with Gasteiger partial charge in [-0.3, -0.25) is 15.0 Å². The Morgan fingerprint density at radius 1 is 1.12 bits per heavy atom. The van der Waals surface area contributed by atoms with Crippen LogP contribution >= 0.6 is 0 Å². The first-order chi connectivity index (χ1) is 11.6. The fourth-order valence-corrected chi connectivity index (χ4v) is 2.85. The second-order valence-corrected chi connectivity index (χ2v) is 5.77. The van der Waals surface area contributed by atoms with Gasteiger partial charge in [0, 0.05) is 0 Å². The minimum Gasteiger partial charge on any atom is -0.494 e. The van der Waals surface area contributed by atoms with Crippen molar-refractivity contribution >= 4 is 17.5 Å². The van der Waals surface area contributed by atoms with Crippen LogP contribution in [0, 0.1) is 12.8 Å². The molecule has 0 aromatic heterocycles. The molecule has 1 aliphatic rings. The van der Waals surface area contributed by atoms with E-state index >= 15 is 0 Å². The van der Waals surface area contributed by atoms with Crippen LogP contribution in [0.3, 0.4) is 0 Å². The molecular weight excluding hydrogens is 304 g/mol. The highest BCUT2D eigenvalue weighted by Crippen LogP contribution is 2.25. The Morgan fingerprint density at radius 3 is 2.54 bits per heavy atom. The number of rotatable bonds is 5. The highest BCUT2D eigenvalue weighted by atomic mass is 16.5. The molecule has 2 aromatic carbocycles. The topological polar surface area (TPSA) is 58.6 Å². The molecule has 24 heavy (non-hydrogen) atoms. The smallest absolute Gasteiger partial charge is 0.258 e. The number of carbonyl (C=O) groups is 2. The normalized spacial score (nSPS) is 17.1. The molecule has 2 aromatic rings. The van der Waals surface area contributed by atoms with E-state index in [1.165, 1.54) is 5.01 Å². The molecule has 1 saturated heterocycles. The molecule has 5 heteroatoms. The summed E-state index contributed by atoms with van der Waals surface area (Å²) in [6, 6.07) is 14.9. The second kappa shape index (κ2) is 6.74. The number of hydrogen-bond donors (Lipinski definition) is 1. The van der Waals surface area contributed by atoms with Crippen molar-refractivity contribution in [1.82, 2.24) is 5.43 Å². The number of benzene rings is 2. The summed E-state index contributed by atoms with van der Waals surface area (Å²) in [6.45, 7) is 4.50. The van der Waals surface area contributed by atoms with Crippen LogP contribution in [-0.4, -0.2) is 18.4 Å². The van der Waals surface area contributed by atoms with Gasteiger partial charge in [0.05, 0.1) is 12.3 Å². The quantitative estimate of drug-likeness (QED) is 0.860. The Labute approximate surface area is 141 Å². The SMILES string of the molecule is CCOc1ccc(CC2C(=O)NN(c3ccccc3)C2=O)cc1C. The Bertz CT molecular complexity index is 758. The van der Waals surface area contributed by atoms with Crippen molar-refractivity contribution in [3.8, 4) is 5.75 Å². The lowest BCUT2D eigenvalue weighted by Crippen LogP contribution is -2.35. The molecule has 0 bridgehead atoms. The third-order valence-electron chi connectivity index (χ3n) is 4.05. The Hall–Kier alpha value is -2.82. The lowest BCUT2D eigenvalue weighted by Gasteiger charge is -2.15. The number of hydrazine groups is 1. The van der Waals surface area contributed by atoms with Crippen molar-refractivity contribution in [3.63, 3.8) is 0 Å². The molecule has 0 radical (unpaired) electrons. The van der Waals surface area contributed by atoms with Gasteiger partial charge in [0.1, 0.15) is 11.7 Å². The predicted molar refractivity (Wildman–Crippen MR) is 91.6 cm³/mol. The van der Waals surface area contributed by atoms with E-state index in [-0.39, 0.29) is 11.8 Å². The lowest BCUT2D eigenvalue weighted by atomic mass is 9.97. The van der Waals surface area contributed by atoms with Crippen LogP contribution in [0.4, 0.5) is 5.69 Å². The molecule has 0 saturated carbocycles. The highest BCUT2D eigenvalue weighted by molar-refractivity contribution is 6.14. The Balaban J connectivity index is 1.77.